The molecule has 2 amide bonds. The highest BCUT2D eigenvalue weighted by molar-refractivity contribution is 5.97. The molecule has 1 aliphatic rings. The van der Waals surface area contributed by atoms with Gasteiger partial charge in [-0.15, -0.1) is 0 Å². The van der Waals surface area contributed by atoms with Crippen LogP contribution in [-0.2, 0) is 16.1 Å². The first-order valence-electron chi connectivity index (χ1n) is 8.67. The number of benzene rings is 1. The number of aromatic amines is 1. The molecule has 1 aromatic heterocycles. The molecule has 3 rings (SSSR count). The highest BCUT2D eigenvalue weighted by Gasteiger charge is 2.42. The average Bonchev–Trinajstić information content (AvgIpc) is 3.13. The van der Waals surface area contributed by atoms with Crippen LogP contribution in [0.1, 0.15) is 29.3 Å². The van der Waals surface area contributed by atoms with E-state index in [1.807, 2.05) is 56.3 Å². The summed E-state index contributed by atoms with van der Waals surface area (Å²) >= 11 is 0. The standard InChI is InChI=1S/C19H25N5O2/c1-12-5-7-13(8-6-12)18-15(10-17(25)24(18)4)19(26)20-16-9-14(21-22-16)11-23(2)3/h5-9,15,18H,10-11H2,1-4H3,(H2,20,21,22,26). The van der Waals surface area contributed by atoms with Crippen molar-refractivity contribution in [3.63, 3.8) is 0 Å². The topological polar surface area (TPSA) is 81.3 Å². The number of nitrogens with zero attached hydrogens (tertiary/aromatic N) is 3. The van der Waals surface area contributed by atoms with Crippen molar-refractivity contribution in [2.24, 2.45) is 5.92 Å². The zero-order chi connectivity index (χ0) is 18.8. The molecule has 2 N–H and O–H groups in total. The van der Waals surface area contributed by atoms with Crippen LogP contribution < -0.4 is 5.32 Å². The molecule has 0 aliphatic carbocycles. The van der Waals surface area contributed by atoms with E-state index < -0.39 is 5.92 Å². The molecule has 2 unspecified atom stereocenters. The summed E-state index contributed by atoms with van der Waals surface area (Å²) in [6, 6.07) is 9.53. The number of carbonyl (C=O) groups excluding carboxylic acids is 2. The Balaban J connectivity index is 1.77. The predicted molar refractivity (Wildman–Crippen MR) is 99.4 cm³/mol. The van der Waals surface area contributed by atoms with Gasteiger partial charge in [0.15, 0.2) is 5.82 Å². The van der Waals surface area contributed by atoms with E-state index in [1.54, 1.807) is 11.9 Å². The maximum absolute atomic E-state index is 12.8. The summed E-state index contributed by atoms with van der Waals surface area (Å²) < 4.78 is 0. The zero-order valence-electron chi connectivity index (χ0n) is 15.6. The first-order valence-corrected chi connectivity index (χ1v) is 8.67. The van der Waals surface area contributed by atoms with E-state index in [9.17, 15) is 9.59 Å². The van der Waals surface area contributed by atoms with Crippen LogP contribution in [0.4, 0.5) is 5.82 Å². The van der Waals surface area contributed by atoms with Gasteiger partial charge in [-0.25, -0.2) is 0 Å². The van der Waals surface area contributed by atoms with Crippen LogP contribution in [0.2, 0.25) is 0 Å². The van der Waals surface area contributed by atoms with E-state index in [4.69, 9.17) is 0 Å². The van der Waals surface area contributed by atoms with Crippen LogP contribution in [0.5, 0.6) is 0 Å². The minimum atomic E-state index is -0.441. The predicted octanol–water partition coefficient (Wildman–Crippen LogP) is 1.94. The fraction of sp³-hybridized carbons (Fsp3) is 0.421. The summed E-state index contributed by atoms with van der Waals surface area (Å²) in [7, 11) is 5.68. The maximum atomic E-state index is 12.8. The molecule has 0 bridgehead atoms. The Bertz CT molecular complexity index is 797. The van der Waals surface area contributed by atoms with Crippen LogP contribution in [0.15, 0.2) is 30.3 Å². The number of H-pyrrole nitrogens is 1. The molecule has 1 fully saturated rings. The molecule has 7 heteroatoms. The number of hydrogen-bond acceptors (Lipinski definition) is 4. The van der Waals surface area contributed by atoms with Gasteiger partial charge in [-0.05, 0) is 26.6 Å². The molecule has 138 valence electrons. The molecule has 1 aromatic carbocycles. The quantitative estimate of drug-likeness (QED) is 0.859. The van der Waals surface area contributed by atoms with Gasteiger partial charge in [0.25, 0.3) is 0 Å². The average molecular weight is 355 g/mol. The van der Waals surface area contributed by atoms with Gasteiger partial charge in [-0.1, -0.05) is 29.8 Å². The third kappa shape index (κ3) is 3.77. The number of anilines is 1. The van der Waals surface area contributed by atoms with Gasteiger partial charge in [0.05, 0.1) is 17.7 Å². The fourth-order valence-electron chi connectivity index (χ4n) is 3.39. The second kappa shape index (κ2) is 7.29. The van der Waals surface area contributed by atoms with E-state index in [0.29, 0.717) is 12.4 Å². The van der Waals surface area contributed by atoms with E-state index >= 15 is 0 Å². The Hall–Kier alpha value is -2.67. The van der Waals surface area contributed by atoms with Crippen molar-refractivity contribution in [1.82, 2.24) is 20.0 Å². The Morgan fingerprint density at radius 2 is 2.04 bits per heavy atom. The molecule has 2 heterocycles. The van der Waals surface area contributed by atoms with E-state index in [-0.39, 0.29) is 24.3 Å². The summed E-state index contributed by atoms with van der Waals surface area (Å²) in [4.78, 5) is 28.7. The normalized spacial score (nSPS) is 20.0. The molecule has 1 saturated heterocycles. The van der Waals surface area contributed by atoms with Gasteiger partial charge in [0.1, 0.15) is 0 Å². The highest BCUT2D eigenvalue weighted by Crippen LogP contribution is 2.37. The molecule has 1 aliphatic heterocycles. The van der Waals surface area contributed by atoms with Gasteiger partial charge < -0.3 is 15.1 Å². The third-order valence-corrected chi connectivity index (χ3v) is 4.71. The second-order valence-corrected chi connectivity index (χ2v) is 7.18. The Kier molecular flexibility index (Phi) is 5.08. The number of aromatic nitrogens is 2. The molecule has 7 nitrogen and oxygen atoms in total. The summed E-state index contributed by atoms with van der Waals surface area (Å²) in [5.74, 6) is -0.164. The summed E-state index contributed by atoms with van der Waals surface area (Å²) in [5.41, 5.74) is 3.03. The summed E-state index contributed by atoms with van der Waals surface area (Å²) in [6.45, 7) is 2.72. The van der Waals surface area contributed by atoms with E-state index in [0.717, 1.165) is 16.8 Å². The first kappa shape index (κ1) is 18.1. The minimum absolute atomic E-state index is 0.0222. The number of nitrogens with one attached hydrogen (secondary N) is 2. The van der Waals surface area contributed by atoms with Gasteiger partial charge in [0, 0.05) is 26.1 Å². The van der Waals surface area contributed by atoms with Crippen molar-refractivity contribution >= 4 is 17.6 Å². The lowest BCUT2D eigenvalue weighted by Crippen LogP contribution is -2.30. The van der Waals surface area contributed by atoms with Gasteiger partial charge in [-0.3, -0.25) is 14.7 Å². The Morgan fingerprint density at radius 1 is 1.35 bits per heavy atom. The van der Waals surface area contributed by atoms with E-state index in [1.165, 1.54) is 0 Å². The third-order valence-electron chi connectivity index (χ3n) is 4.71. The SMILES string of the molecule is Cc1ccc(C2C(C(=O)Nc3cc(CN(C)C)[nH]n3)CC(=O)N2C)cc1. The highest BCUT2D eigenvalue weighted by atomic mass is 16.2. The van der Waals surface area contributed by atoms with Crippen molar-refractivity contribution in [2.75, 3.05) is 26.5 Å². The zero-order valence-corrected chi connectivity index (χ0v) is 15.6. The largest absolute Gasteiger partial charge is 0.338 e. The summed E-state index contributed by atoms with van der Waals surface area (Å²) in [5, 5.41) is 9.91. The van der Waals surface area contributed by atoms with Crippen LogP contribution >= 0.6 is 0 Å². The lowest BCUT2D eigenvalue weighted by Gasteiger charge is -2.24. The monoisotopic (exact) mass is 355 g/mol. The van der Waals surface area contributed by atoms with Crippen molar-refractivity contribution in [1.29, 1.82) is 0 Å². The van der Waals surface area contributed by atoms with Crippen LogP contribution in [-0.4, -0.2) is 53.0 Å². The van der Waals surface area contributed by atoms with Gasteiger partial charge in [-0.2, -0.15) is 5.10 Å². The second-order valence-electron chi connectivity index (χ2n) is 7.18. The van der Waals surface area contributed by atoms with Crippen molar-refractivity contribution < 1.29 is 9.59 Å². The Labute approximate surface area is 153 Å². The Morgan fingerprint density at radius 3 is 2.69 bits per heavy atom. The fourth-order valence-corrected chi connectivity index (χ4v) is 3.39. The molecule has 0 spiro atoms. The number of hydrogen-bond donors (Lipinski definition) is 2. The molecule has 0 radical (unpaired) electrons. The van der Waals surface area contributed by atoms with Crippen molar-refractivity contribution in [2.45, 2.75) is 25.9 Å². The van der Waals surface area contributed by atoms with Crippen molar-refractivity contribution in [3.8, 4) is 0 Å². The van der Waals surface area contributed by atoms with Gasteiger partial charge >= 0.3 is 0 Å². The van der Waals surface area contributed by atoms with Crippen LogP contribution in [0.3, 0.4) is 0 Å². The number of rotatable bonds is 5. The molecule has 2 atom stereocenters. The number of carbonyl (C=O) groups is 2. The maximum Gasteiger partial charge on any atom is 0.231 e. The first-order chi connectivity index (χ1) is 12.3. The van der Waals surface area contributed by atoms with Crippen LogP contribution in [0.25, 0.3) is 0 Å². The molecule has 0 saturated carbocycles. The van der Waals surface area contributed by atoms with Gasteiger partial charge in [0.2, 0.25) is 11.8 Å². The lowest BCUT2D eigenvalue weighted by molar-refractivity contribution is -0.127. The molecule has 26 heavy (non-hydrogen) atoms. The molecular formula is C19H25N5O2. The number of aryl methyl sites for hydroxylation is 1. The summed E-state index contributed by atoms with van der Waals surface area (Å²) in [6.07, 6.45) is 0.204. The number of likely N-dealkylation sites (tertiary alicyclic amines) is 1. The minimum Gasteiger partial charge on any atom is -0.338 e. The molecular weight excluding hydrogens is 330 g/mol. The molecule has 2 aromatic rings. The lowest BCUT2D eigenvalue weighted by atomic mass is 9.92. The van der Waals surface area contributed by atoms with Crippen molar-refractivity contribution in [3.05, 3.63) is 47.2 Å². The van der Waals surface area contributed by atoms with Crippen LogP contribution in [0, 0.1) is 12.8 Å². The number of amides is 2. The van der Waals surface area contributed by atoms with E-state index in [2.05, 4.69) is 15.5 Å². The smallest absolute Gasteiger partial charge is 0.231 e.